The number of carboxylic acid groups (broad SMARTS) is 2. The van der Waals surface area contributed by atoms with Crippen molar-refractivity contribution in [3.05, 3.63) is 0 Å². The molecule has 3 atom stereocenters. The fourth-order valence-electron chi connectivity index (χ4n) is 2.59. The molecule has 7 nitrogen and oxygen atoms in total. The van der Waals surface area contributed by atoms with Crippen molar-refractivity contribution in [1.29, 1.82) is 0 Å². The number of aliphatic carboxylic acids is 2. The minimum absolute atomic E-state index is 0.0777. The fourth-order valence-corrected chi connectivity index (χ4v) is 2.59. The SMILES string of the molecule is CCC1CCC(C)N1C(=O)NC(CCC(=O)O)C(=O)O. The number of urea groups is 1. The number of likely N-dealkylation sites (tertiary alicyclic amines) is 1. The molecule has 0 aliphatic carbocycles. The normalized spacial score (nSPS) is 23.4. The number of rotatable bonds is 6. The molecule has 0 aromatic heterocycles. The summed E-state index contributed by atoms with van der Waals surface area (Å²) in [5, 5.41) is 20.1. The van der Waals surface area contributed by atoms with Crippen LogP contribution in [0.5, 0.6) is 0 Å². The van der Waals surface area contributed by atoms with Gasteiger partial charge in [-0.3, -0.25) is 4.79 Å². The average Bonchev–Trinajstić information content (AvgIpc) is 2.74. The number of carboxylic acids is 2. The Morgan fingerprint density at radius 3 is 2.45 bits per heavy atom. The van der Waals surface area contributed by atoms with Crippen molar-refractivity contribution < 1.29 is 24.6 Å². The minimum Gasteiger partial charge on any atom is -0.481 e. The van der Waals surface area contributed by atoms with Crippen LogP contribution in [-0.4, -0.2) is 51.2 Å². The molecule has 114 valence electrons. The predicted molar refractivity (Wildman–Crippen MR) is 71.4 cm³/mol. The number of hydrogen-bond donors (Lipinski definition) is 3. The van der Waals surface area contributed by atoms with E-state index in [2.05, 4.69) is 5.32 Å². The lowest BCUT2D eigenvalue weighted by Gasteiger charge is -2.29. The number of nitrogens with one attached hydrogen (secondary N) is 1. The molecule has 0 radical (unpaired) electrons. The minimum atomic E-state index is -1.21. The van der Waals surface area contributed by atoms with Crippen LogP contribution in [-0.2, 0) is 9.59 Å². The molecule has 3 N–H and O–H groups in total. The van der Waals surface area contributed by atoms with E-state index in [9.17, 15) is 14.4 Å². The van der Waals surface area contributed by atoms with Gasteiger partial charge in [-0.05, 0) is 32.6 Å². The van der Waals surface area contributed by atoms with Gasteiger partial charge in [0.2, 0.25) is 0 Å². The standard InChI is InChI=1S/C13H22N2O5/c1-3-9-5-4-8(2)15(9)13(20)14-10(12(18)19)6-7-11(16)17/h8-10H,3-7H2,1-2H3,(H,14,20)(H,16,17)(H,18,19). The average molecular weight is 286 g/mol. The Morgan fingerprint density at radius 2 is 1.95 bits per heavy atom. The van der Waals surface area contributed by atoms with Crippen molar-refractivity contribution in [3.63, 3.8) is 0 Å². The van der Waals surface area contributed by atoms with Crippen LogP contribution in [0.4, 0.5) is 4.79 Å². The second-order valence-electron chi connectivity index (χ2n) is 5.17. The summed E-state index contributed by atoms with van der Waals surface area (Å²) in [7, 11) is 0. The maximum absolute atomic E-state index is 12.2. The molecule has 0 spiro atoms. The number of amides is 2. The van der Waals surface area contributed by atoms with Crippen molar-refractivity contribution in [1.82, 2.24) is 10.2 Å². The molecule has 1 rings (SSSR count). The molecule has 7 heteroatoms. The van der Waals surface area contributed by atoms with Gasteiger partial charge in [-0.25, -0.2) is 9.59 Å². The van der Waals surface area contributed by atoms with Gasteiger partial charge in [0.15, 0.2) is 0 Å². The summed E-state index contributed by atoms with van der Waals surface area (Å²) >= 11 is 0. The maximum atomic E-state index is 12.2. The molecule has 0 saturated carbocycles. The van der Waals surface area contributed by atoms with E-state index in [4.69, 9.17) is 10.2 Å². The van der Waals surface area contributed by atoms with Crippen molar-refractivity contribution in [2.24, 2.45) is 0 Å². The number of carbonyl (C=O) groups is 3. The molecule has 1 saturated heterocycles. The van der Waals surface area contributed by atoms with Crippen molar-refractivity contribution in [3.8, 4) is 0 Å². The largest absolute Gasteiger partial charge is 0.481 e. The Morgan fingerprint density at radius 1 is 1.30 bits per heavy atom. The maximum Gasteiger partial charge on any atom is 0.326 e. The van der Waals surface area contributed by atoms with Gasteiger partial charge in [-0.2, -0.15) is 0 Å². The van der Waals surface area contributed by atoms with Crippen molar-refractivity contribution in [2.75, 3.05) is 0 Å². The third-order valence-corrected chi connectivity index (χ3v) is 3.73. The first-order valence-corrected chi connectivity index (χ1v) is 6.90. The smallest absolute Gasteiger partial charge is 0.326 e. The molecular formula is C13H22N2O5. The van der Waals surface area contributed by atoms with Crippen LogP contribution in [0.25, 0.3) is 0 Å². The molecule has 0 bridgehead atoms. The van der Waals surface area contributed by atoms with Gasteiger partial charge in [-0.1, -0.05) is 6.92 Å². The third-order valence-electron chi connectivity index (χ3n) is 3.73. The van der Waals surface area contributed by atoms with E-state index in [0.717, 1.165) is 19.3 Å². The predicted octanol–water partition coefficient (Wildman–Crippen LogP) is 1.28. The van der Waals surface area contributed by atoms with Gasteiger partial charge in [0.05, 0.1) is 0 Å². The molecule has 1 aliphatic heterocycles. The second-order valence-corrected chi connectivity index (χ2v) is 5.17. The summed E-state index contributed by atoms with van der Waals surface area (Å²) in [5.41, 5.74) is 0. The summed E-state index contributed by atoms with van der Waals surface area (Å²) in [4.78, 5) is 35.4. The fraction of sp³-hybridized carbons (Fsp3) is 0.769. The Kier molecular flexibility index (Phi) is 5.79. The van der Waals surface area contributed by atoms with Crippen LogP contribution in [0.2, 0.25) is 0 Å². The molecule has 1 aliphatic rings. The van der Waals surface area contributed by atoms with Crippen LogP contribution in [0.15, 0.2) is 0 Å². The first-order valence-electron chi connectivity index (χ1n) is 6.90. The van der Waals surface area contributed by atoms with Crippen LogP contribution in [0, 0.1) is 0 Å². The lowest BCUT2D eigenvalue weighted by molar-refractivity contribution is -0.140. The first-order chi connectivity index (χ1) is 9.36. The van der Waals surface area contributed by atoms with Gasteiger partial charge in [0, 0.05) is 18.5 Å². The van der Waals surface area contributed by atoms with E-state index in [-0.39, 0.29) is 24.9 Å². The Bertz CT molecular complexity index is 385. The zero-order valence-corrected chi connectivity index (χ0v) is 11.8. The van der Waals surface area contributed by atoms with E-state index in [1.54, 1.807) is 4.90 Å². The van der Waals surface area contributed by atoms with E-state index in [0.29, 0.717) is 0 Å². The van der Waals surface area contributed by atoms with Gasteiger partial charge < -0.3 is 20.4 Å². The summed E-state index contributed by atoms with van der Waals surface area (Å²) in [6.45, 7) is 3.92. The summed E-state index contributed by atoms with van der Waals surface area (Å²) in [6.07, 6.45) is 2.24. The Hall–Kier alpha value is -1.79. The number of carbonyl (C=O) groups excluding carboxylic acids is 1. The van der Waals surface area contributed by atoms with Crippen LogP contribution in [0.3, 0.4) is 0 Å². The van der Waals surface area contributed by atoms with Crippen LogP contribution in [0.1, 0.15) is 46.0 Å². The highest BCUT2D eigenvalue weighted by Gasteiger charge is 2.34. The van der Waals surface area contributed by atoms with E-state index >= 15 is 0 Å². The molecule has 2 amide bonds. The topological polar surface area (TPSA) is 107 Å². The lowest BCUT2D eigenvalue weighted by Crippen LogP contribution is -2.51. The second kappa shape index (κ2) is 7.12. The highest BCUT2D eigenvalue weighted by atomic mass is 16.4. The molecule has 0 aromatic rings. The van der Waals surface area contributed by atoms with E-state index in [1.807, 2.05) is 13.8 Å². The van der Waals surface area contributed by atoms with Gasteiger partial charge in [-0.15, -0.1) is 0 Å². The quantitative estimate of drug-likeness (QED) is 0.681. The van der Waals surface area contributed by atoms with Crippen molar-refractivity contribution >= 4 is 18.0 Å². The Labute approximate surface area is 117 Å². The number of hydrogen-bond acceptors (Lipinski definition) is 3. The third kappa shape index (κ3) is 4.11. The highest BCUT2D eigenvalue weighted by Crippen LogP contribution is 2.25. The van der Waals surface area contributed by atoms with Crippen molar-refractivity contribution in [2.45, 2.75) is 64.1 Å². The van der Waals surface area contributed by atoms with Gasteiger partial charge in [0.25, 0.3) is 0 Å². The first kappa shape index (κ1) is 16.3. The monoisotopic (exact) mass is 286 g/mol. The summed E-state index contributed by atoms with van der Waals surface area (Å²) in [5.74, 6) is -2.29. The molecule has 1 fully saturated rings. The van der Waals surface area contributed by atoms with E-state index in [1.165, 1.54) is 0 Å². The summed E-state index contributed by atoms with van der Waals surface area (Å²) in [6, 6.07) is -1.38. The molecule has 3 unspecified atom stereocenters. The van der Waals surface area contributed by atoms with Gasteiger partial charge in [0.1, 0.15) is 6.04 Å². The molecule has 1 heterocycles. The zero-order valence-electron chi connectivity index (χ0n) is 11.8. The molecular weight excluding hydrogens is 264 g/mol. The lowest BCUT2D eigenvalue weighted by atomic mass is 10.1. The van der Waals surface area contributed by atoms with E-state index < -0.39 is 24.0 Å². The summed E-state index contributed by atoms with van der Waals surface area (Å²) < 4.78 is 0. The highest BCUT2D eigenvalue weighted by molar-refractivity contribution is 5.83. The molecule has 20 heavy (non-hydrogen) atoms. The zero-order chi connectivity index (χ0) is 15.3. The molecule has 0 aromatic carbocycles. The number of nitrogens with zero attached hydrogens (tertiary/aromatic N) is 1. The van der Waals surface area contributed by atoms with Gasteiger partial charge >= 0.3 is 18.0 Å². The van der Waals surface area contributed by atoms with Crippen LogP contribution >= 0.6 is 0 Å². The Balaban J connectivity index is 2.65. The van der Waals surface area contributed by atoms with Crippen LogP contribution < -0.4 is 5.32 Å².